The summed E-state index contributed by atoms with van der Waals surface area (Å²) in [6.45, 7) is 4.37. The number of rotatable bonds is 4. The van der Waals surface area contributed by atoms with Gasteiger partial charge in [-0.15, -0.1) is 0 Å². The maximum atomic E-state index is 11.9. The molecule has 0 saturated heterocycles. The van der Waals surface area contributed by atoms with Crippen molar-refractivity contribution in [2.45, 2.75) is 26.3 Å². The number of aryl methyl sites for hydroxylation is 1. The number of hydrogen-bond acceptors (Lipinski definition) is 3. The van der Waals surface area contributed by atoms with Gasteiger partial charge in [0.2, 0.25) is 0 Å². The van der Waals surface area contributed by atoms with E-state index in [4.69, 9.17) is 10.2 Å². The van der Waals surface area contributed by atoms with E-state index in [0.717, 1.165) is 12.2 Å². The fourth-order valence-electron chi connectivity index (χ4n) is 1.36. The van der Waals surface area contributed by atoms with Crippen LogP contribution in [0.25, 0.3) is 0 Å². The molecule has 0 aliphatic carbocycles. The monoisotopic (exact) mass is 210 g/mol. The van der Waals surface area contributed by atoms with E-state index >= 15 is 0 Å². The van der Waals surface area contributed by atoms with Crippen LogP contribution in [0.1, 0.15) is 29.7 Å². The lowest BCUT2D eigenvalue weighted by molar-refractivity contribution is 0.0705. The normalized spacial score (nSPS) is 12.5. The molecule has 1 aromatic heterocycles. The predicted molar refractivity (Wildman–Crippen MR) is 58.7 cm³/mol. The third kappa shape index (κ3) is 2.83. The highest BCUT2D eigenvalue weighted by Crippen LogP contribution is 2.11. The number of carbonyl (C=O) groups is 1. The number of nitrogens with zero attached hydrogens (tertiary/aromatic N) is 1. The number of carbonyl (C=O) groups excluding carboxylic acids is 1. The van der Waals surface area contributed by atoms with Gasteiger partial charge < -0.3 is 15.1 Å². The predicted octanol–water partition coefficient (Wildman–Crippen LogP) is 1.40. The molecule has 4 nitrogen and oxygen atoms in total. The van der Waals surface area contributed by atoms with Crippen LogP contribution in [0.5, 0.6) is 0 Å². The number of furan rings is 1. The molecule has 0 saturated carbocycles. The summed E-state index contributed by atoms with van der Waals surface area (Å²) >= 11 is 0. The maximum absolute atomic E-state index is 11.9. The van der Waals surface area contributed by atoms with Gasteiger partial charge in [-0.2, -0.15) is 0 Å². The molecule has 0 aromatic carbocycles. The summed E-state index contributed by atoms with van der Waals surface area (Å²) in [7, 11) is 1.76. The molecule has 1 amide bonds. The van der Waals surface area contributed by atoms with Crippen molar-refractivity contribution in [2.24, 2.45) is 5.73 Å². The van der Waals surface area contributed by atoms with E-state index in [1.807, 2.05) is 13.8 Å². The molecule has 1 rings (SSSR count). The van der Waals surface area contributed by atoms with Gasteiger partial charge in [-0.25, -0.2) is 0 Å². The number of nitrogens with two attached hydrogens (primary N) is 1. The van der Waals surface area contributed by atoms with Gasteiger partial charge in [-0.05, 0) is 38.9 Å². The molecule has 0 spiro atoms. The quantitative estimate of drug-likeness (QED) is 0.817. The maximum Gasteiger partial charge on any atom is 0.289 e. The van der Waals surface area contributed by atoms with Gasteiger partial charge in [0.1, 0.15) is 5.76 Å². The molecular weight excluding hydrogens is 192 g/mol. The molecule has 1 aromatic rings. The average Bonchev–Trinajstić information content (AvgIpc) is 2.63. The van der Waals surface area contributed by atoms with Crippen LogP contribution in [0.4, 0.5) is 0 Å². The van der Waals surface area contributed by atoms with Crippen molar-refractivity contribution >= 4 is 5.91 Å². The number of hydrogen-bond donors (Lipinski definition) is 1. The van der Waals surface area contributed by atoms with E-state index in [1.165, 1.54) is 0 Å². The molecule has 1 unspecified atom stereocenters. The molecule has 4 heteroatoms. The molecule has 0 radical (unpaired) electrons. The molecule has 0 bridgehead atoms. The Hall–Kier alpha value is -1.29. The van der Waals surface area contributed by atoms with Gasteiger partial charge in [0.25, 0.3) is 5.91 Å². The second-order valence-corrected chi connectivity index (χ2v) is 3.75. The first-order valence-electron chi connectivity index (χ1n) is 5.10. The Labute approximate surface area is 90.0 Å². The molecule has 15 heavy (non-hydrogen) atoms. The van der Waals surface area contributed by atoms with Crippen molar-refractivity contribution in [3.8, 4) is 0 Å². The van der Waals surface area contributed by atoms with Gasteiger partial charge >= 0.3 is 0 Å². The van der Waals surface area contributed by atoms with Crippen molar-refractivity contribution in [2.75, 3.05) is 13.6 Å². The zero-order valence-electron chi connectivity index (χ0n) is 9.49. The summed E-state index contributed by atoms with van der Waals surface area (Å²) in [5, 5.41) is 0. The van der Waals surface area contributed by atoms with Crippen molar-refractivity contribution in [1.82, 2.24) is 4.90 Å². The van der Waals surface area contributed by atoms with E-state index in [2.05, 4.69) is 0 Å². The lowest BCUT2D eigenvalue weighted by atomic mass is 10.2. The highest BCUT2D eigenvalue weighted by Gasteiger charge is 2.19. The highest BCUT2D eigenvalue weighted by atomic mass is 16.3. The van der Waals surface area contributed by atoms with Gasteiger partial charge in [0.05, 0.1) is 0 Å². The van der Waals surface area contributed by atoms with Crippen LogP contribution < -0.4 is 5.73 Å². The molecule has 1 heterocycles. The largest absolute Gasteiger partial charge is 0.456 e. The Morgan fingerprint density at radius 1 is 1.60 bits per heavy atom. The van der Waals surface area contributed by atoms with Crippen LogP contribution in [-0.4, -0.2) is 30.4 Å². The topological polar surface area (TPSA) is 59.5 Å². The van der Waals surface area contributed by atoms with Crippen LogP contribution in [-0.2, 0) is 0 Å². The smallest absolute Gasteiger partial charge is 0.289 e. The molecule has 0 aliphatic rings. The Balaban J connectivity index is 2.68. The molecule has 2 N–H and O–H groups in total. The fraction of sp³-hybridized carbons (Fsp3) is 0.545. The zero-order valence-corrected chi connectivity index (χ0v) is 9.49. The van der Waals surface area contributed by atoms with E-state index in [1.54, 1.807) is 24.1 Å². The first-order chi connectivity index (χ1) is 7.06. The zero-order chi connectivity index (χ0) is 11.4. The summed E-state index contributed by atoms with van der Waals surface area (Å²) in [5.74, 6) is 1.04. The van der Waals surface area contributed by atoms with Crippen LogP contribution in [0.2, 0.25) is 0 Å². The summed E-state index contributed by atoms with van der Waals surface area (Å²) < 4.78 is 5.27. The van der Waals surface area contributed by atoms with Crippen LogP contribution >= 0.6 is 0 Å². The third-order valence-electron chi connectivity index (χ3n) is 2.52. The van der Waals surface area contributed by atoms with Gasteiger partial charge in [0.15, 0.2) is 5.76 Å². The summed E-state index contributed by atoms with van der Waals surface area (Å²) in [6, 6.07) is 3.62. The van der Waals surface area contributed by atoms with Crippen molar-refractivity contribution in [3.05, 3.63) is 23.7 Å². The molecule has 84 valence electrons. The Bertz CT molecular complexity index is 333. The van der Waals surface area contributed by atoms with Crippen LogP contribution in [0, 0.1) is 6.92 Å². The summed E-state index contributed by atoms with van der Waals surface area (Å²) in [4.78, 5) is 13.5. The summed E-state index contributed by atoms with van der Waals surface area (Å²) in [6.07, 6.45) is 0.794. The lowest BCUT2D eigenvalue weighted by Crippen LogP contribution is -2.36. The molecule has 0 fully saturated rings. The highest BCUT2D eigenvalue weighted by molar-refractivity contribution is 5.91. The minimum atomic E-state index is -0.0935. The summed E-state index contributed by atoms with van der Waals surface area (Å²) in [5.41, 5.74) is 5.45. The Morgan fingerprint density at radius 2 is 2.27 bits per heavy atom. The number of amides is 1. The van der Waals surface area contributed by atoms with E-state index < -0.39 is 0 Å². The first kappa shape index (κ1) is 11.8. The molecule has 1 atom stereocenters. The average molecular weight is 210 g/mol. The van der Waals surface area contributed by atoms with Gasteiger partial charge in [-0.1, -0.05) is 0 Å². The Morgan fingerprint density at radius 3 is 2.73 bits per heavy atom. The van der Waals surface area contributed by atoms with Crippen molar-refractivity contribution < 1.29 is 9.21 Å². The molecular formula is C11H18N2O2. The second-order valence-electron chi connectivity index (χ2n) is 3.75. The van der Waals surface area contributed by atoms with Crippen molar-refractivity contribution in [3.63, 3.8) is 0 Å². The van der Waals surface area contributed by atoms with Gasteiger partial charge in [0, 0.05) is 13.1 Å². The minimum Gasteiger partial charge on any atom is -0.456 e. The molecule has 0 aliphatic heterocycles. The van der Waals surface area contributed by atoms with Crippen molar-refractivity contribution in [1.29, 1.82) is 0 Å². The third-order valence-corrected chi connectivity index (χ3v) is 2.52. The lowest BCUT2D eigenvalue weighted by Gasteiger charge is -2.23. The van der Waals surface area contributed by atoms with Gasteiger partial charge in [-0.3, -0.25) is 4.79 Å². The standard InChI is InChI=1S/C11H18N2O2/c1-8(6-7-12)13(3)11(14)10-5-4-9(2)15-10/h4-5,8H,6-7,12H2,1-3H3. The van der Waals surface area contributed by atoms with E-state index in [9.17, 15) is 4.79 Å². The SMILES string of the molecule is Cc1ccc(C(=O)N(C)C(C)CCN)o1. The minimum absolute atomic E-state index is 0.0935. The fourth-order valence-corrected chi connectivity index (χ4v) is 1.36. The van der Waals surface area contributed by atoms with Crippen LogP contribution in [0.3, 0.4) is 0 Å². The first-order valence-corrected chi connectivity index (χ1v) is 5.10. The Kier molecular flexibility index (Phi) is 3.91. The van der Waals surface area contributed by atoms with E-state index in [-0.39, 0.29) is 11.9 Å². The second kappa shape index (κ2) is 4.98. The van der Waals surface area contributed by atoms with E-state index in [0.29, 0.717) is 12.3 Å². The van der Waals surface area contributed by atoms with Crippen LogP contribution in [0.15, 0.2) is 16.5 Å².